The molecule has 4 saturated carbocycles. The van der Waals surface area contributed by atoms with E-state index in [4.69, 9.17) is 52.1 Å². The van der Waals surface area contributed by atoms with Gasteiger partial charge in [0.25, 0.3) is 0 Å². The zero-order valence-corrected chi connectivity index (χ0v) is 50.1. The van der Waals surface area contributed by atoms with Gasteiger partial charge in [-0.25, -0.2) is 4.79 Å². The number of ether oxygens (including phenoxy) is 11. The molecule has 5 unspecified atom stereocenters. The standard InChI is InChI=1S/C18H32O6.C17H28O2.C13H18O5.C12H20O4.8CH4/c1-7-18(5,6)16(19)24-13-9-22-14-12(8-21-15(13)14)23-11-20-10-17(2,3)4;1-5-16(2,3)15(18)19-17(4)13-7-11-6-12(9-13)10-14(17)8-11;1-4-13(2,3)12(15)18-9-7-5-6-8(16-7)10(9)17-11(6)14;1-6-11(2,3)10(14)16-8-9(13)15-7-12(8,4)5;;;;;;;;/h12-15H,7-11H2,1-6H3;11-14H,5-10H2,1-4H3;6-10H,4-5H2,1-3H3;8H,6-7H2,1-5H3;8*1H4/t12-,13+,14-,15-;;;8-;;;;;;;;/m1..0......../s1. The molecule has 0 aromatic heterocycles. The van der Waals surface area contributed by atoms with Crippen molar-refractivity contribution < 1.29 is 80.9 Å². The fourth-order valence-corrected chi connectivity index (χ4v) is 11.5. The SMILES string of the molecule is C.C.C.C.C.C.C.C.CCC(C)(C)C(=O)OC1(C)C2CC3CC(C2)CC1C3.CCC(C)(C)C(=O)OC1C2CC3C(=O)OC1C3O2.CCC(C)(C)C(=O)O[C@H]1C(=O)OCC1(C)C.CCC(C)(C)C(=O)O[C@H]1CO[C@H]2[C@@H]1OC[C@H]2OCOCC(C)(C)C. The number of hydrogen-bond donors (Lipinski definition) is 0. The van der Waals surface area contributed by atoms with Gasteiger partial charge in [0, 0.05) is 5.41 Å². The molecule has 17 heteroatoms. The minimum absolute atomic E-state index is 0. The van der Waals surface area contributed by atoms with Crippen LogP contribution >= 0.6 is 0 Å². The van der Waals surface area contributed by atoms with Gasteiger partial charge in [0.2, 0.25) is 6.10 Å². The topological polar surface area (TPSA) is 204 Å². The first kappa shape index (κ1) is 85.8. The number of esters is 6. The van der Waals surface area contributed by atoms with E-state index in [0.717, 1.165) is 24.7 Å². The van der Waals surface area contributed by atoms with E-state index in [9.17, 15) is 28.8 Å². The third-order valence-electron chi connectivity index (χ3n) is 18.7. The summed E-state index contributed by atoms with van der Waals surface area (Å²) in [6, 6.07) is 0. The molecular weight excluding hydrogens is 1090 g/mol. The van der Waals surface area contributed by atoms with E-state index in [1.165, 1.54) is 32.1 Å². The van der Waals surface area contributed by atoms with Gasteiger partial charge in [-0.05, 0) is 156 Å². The molecule has 504 valence electrons. The number of carbonyl (C=O) groups excluding carboxylic acids is 6. The summed E-state index contributed by atoms with van der Waals surface area (Å²) in [4.78, 5) is 71.6. The lowest BCUT2D eigenvalue weighted by molar-refractivity contribution is -0.211. The predicted molar refractivity (Wildman–Crippen MR) is 337 cm³/mol. The Balaban J connectivity index is -0.00000103. The quantitative estimate of drug-likeness (QED) is 0.0610. The van der Waals surface area contributed by atoms with Crippen molar-refractivity contribution in [3.05, 3.63) is 0 Å². The van der Waals surface area contributed by atoms with Gasteiger partial charge >= 0.3 is 35.8 Å². The van der Waals surface area contributed by atoms with E-state index in [1.807, 2.05) is 90.0 Å². The van der Waals surface area contributed by atoms with Gasteiger partial charge in [-0.2, -0.15) is 0 Å². The summed E-state index contributed by atoms with van der Waals surface area (Å²) < 4.78 is 61.2. The van der Waals surface area contributed by atoms with Gasteiger partial charge in [-0.15, -0.1) is 0 Å². The second-order valence-corrected chi connectivity index (χ2v) is 28.2. The van der Waals surface area contributed by atoms with Gasteiger partial charge < -0.3 is 52.1 Å². The maximum atomic E-state index is 12.5. The molecule has 0 radical (unpaired) electrons. The average Bonchev–Trinajstić information content (AvgIpc) is 4.30. The maximum Gasteiger partial charge on any atom is 0.348 e. The highest BCUT2D eigenvalue weighted by Gasteiger charge is 2.65. The van der Waals surface area contributed by atoms with Crippen LogP contribution in [0, 0.1) is 62.1 Å². The van der Waals surface area contributed by atoms with Crippen LogP contribution in [-0.2, 0) is 80.9 Å². The van der Waals surface area contributed by atoms with Crippen LogP contribution in [0.2, 0.25) is 0 Å². The smallest absolute Gasteiger partial charge is 0.348 e. The highest BCUT2D eigenvalue weighted by molar-refractivity contribution is 5.84. The molecule has 0 spiro atoms. The van der Waals surface area contributed by atoms with Crippen molar-refractivity contribution in [3.63, 3.8) is 0 Å². The third-order valence-corrected chi connectivity index (χ3v) is 18.7. The normalized spacial score (nSPS) is 31.7. The lowest BCUT2D eigenvalue weighted by atomic mass is 9.50. The lowest BCUT2D eigenvalue weighted by Crippen LogP contribution is -2.58. The maximum absolute atomic E-state index is 12.5. The Hall–Kier alpha value is -3.38. The van der Waals surface area contributed by atoms with E-state index in [-0.39, 0.29) is 155 Å². The van der Waals surface area contributed by atoms with Gasteiger partial charge in [0.1, 0.15) is 43.4 Å². The molecule has 6 heterocycles. The average molecular weight is 1220 g/mol. The summed E-state index contributed by atoms with van der Waals surface area (Å²) in [6.45, 7) is 37.2. The fourth-order valence-electron chi connectivity index (χ4n) is 11.5. The number of hydrogen-bond acceptors (Lipinski definition) is 17. The number of fused-ring (bicyclic) bond motifs is 2. The van der Waals surface area contributed by atoms with Crippen LogP contribution in [-0.4, -0.2) is 130 Å². The van der Waals surface area contributed by atoms with Gasteiger partial charge in [0.15, 0.2) is 18.3 Å². The van der Waals surface area contributed by atoms with Crippen molar-refractivity contribution in [1.29, 1.82) is 0 Å². The van der Waals surface area contributed by atoms with Gasteiger partial charge in [-0.3, -0.25) is 24.0 Å². The van der Waals surface area contributed by atoms with Crippen molar-refractivity contribution in [2.45, 2.75) is 309 Å². The molecule has 10 rings (SSSR count). The first-order chi connectivity index (χ1) is 35.6. The Bertz CT molecular complexity index is 2080. The Labute approximate surface area is 518 Å². The lowest BCUT2D eigenvalue weighted by Gasteiger charge is -2.59. The van der Waals surface area contributed by atoms with Gasteiger partial charge in [0.05, 0.1) is 53.5 Å². The number of carbonyl (C=O) groups is 6. The molecule has 0 amide bonds. The Kier molecular flexibility index (Phi) is 33.2. The summed E-state index contributed by atoms with van der Waals surface area (Å²) >= 11 is 0. The fraction of sp³-hybridized carbons (Fsp3) is 0.912. The highest BCUT2D eigenvalue weighted by atomic mass is 16.7. The first-order valence-corrected chi connectivity index (χ1v) is 28.9. The van der Waals surface area contributed by atoms with E-state index >= 15 is 0 Å². The van der Waals surface area contributed by atoms with Crippen molar-refractivity contribution in [1.82, 2.24) is 0 Å². The van der Waals surface area contributed by atoms with Gasteiger partial charge in [-0.1, -0.05) is 122 Å². The zero-order chi connectivity index (χ0) is 57.4. The summed E-state index contributed by atoms with van der Waals surface area (Å²) in [5, 5.41) is 0. The van der Waals surface area contributed by atoms with Crippen LogP contribution < -0.4 is 0 Å². The highest BCUT2D eigenvalue weighted by Crippen LogP contribution is 2.60. The molecule has 85 heavy (non-hydrogen) atoms. The molecule has 0 aromatic carbocycles. The summed E-state index contributed by atoms with van der Waals surface area (Å²) in [6.07, 6.45) is 7.23. The van der Waals surface area contributed by atoms with Crippen LogP contribution in [0.4, 0.5) is 0 Å². The molecule has 4 aliphatic carbocycles. The molecule has 0 N–H and O–H groups in total. The molecule has 6 saturated heterocycles. The minimum Gasteiger partial charge on any atom is -0.462 e. The van der Waals surface area contributed by atoms with Crippen molar-refractivity contribution in [2.24, 2.45) is 62.1 Å². The van der Waals surface area contributed by atoms with Crippen LogP contribution in [0.3, 0.4) is 0 Å². The van der Waals surface area contributed by atoms with Crippen molar-refractivity contribution >= 4 is 35.8 Å². The predicted octanol–water partition coefficient (Wildman–Crippen LogP) is 14.8. The second kappa shape index (κ2) is 32.9. The molecular formula is C68H130O17. The molecule has 6 aliphatic heterocycles. The minimum atomic E-state index is -0.772. The summed E-state index contributed by atoms with van der Waals surface area (Å²) in [5.74, 6) is 1.53. The monoisotopic (exact) mass is 1220 g/mol. The van der Waals surface area contributed by atoms with E-state index in [1.54, 1.807) is 0 Å². The molecule has 10 fully saturated rings. The van der Waals surface area contributed by atoms with E-state index in [2.05, 4.69) is 34.6 Å². The zero-order valence-electron chi connectivity index (χ0n) is 50.1. The summed E-state index contributed by atoms with van der Waals surface area (Å²) in [7, 11) is 0. The Morgan fingerprint density at radius 2 is 0.965 bits per heavy atom. The second-order valence-electron chi connectivity index (χ2n) is 28.2. The van der Waals surface area contributed by atoms with Crippen molar-refractivity contribution in [3.8, 4) is 0 Å². The molecule has 17 nitrogen and oxygen atoms in total. The number of rotatable bonds is 16. The molecule has 10 aliphatic rings. The molecule has 0 aromatic rings. The Morgan fingerprint density at radius 3 is 1.41 bits per heavy atom. The van der Waals surface area contributed by atoms with Crippen LogP contribution in [0.5, 0.6) is 0 Å². The van der Waals surface area contributed by atoms with E-state index < -0.39 is 45.9 Å². The van der Waals surface area contributed by atoms with E-state index in [0.29, 0.717) is 57.5 Å². The largest absolute Gasteiger partial charge is 0.462 e. The number of cyclic esters (lactones) is 1. The molecule has 10 atom stereocenters. The Morgan fingerprint density at radius 1 is 0.529 bits per heavy atom. The summed E-state index contributed by atoms with van der Waals surface area (Å²) in [5.41, 5.74) is -2.39. The molecule has 6 bridgehead atoms. The van der Waals surface area contributed by atoms with Crippen LogP contribution in [0.25, 0.3) is 0 Å². The third kappa shape index (κ3) is 19.6. The van der Waals surface area contributed by atoms with Crippen LogP contribution in [0.1, 0.15) is 248 Å². The first-order valence-electron chi connectivity index (χ1n) is 28.9. The van der Waals surface area contributed by atoms with Crippen LogP contribution in [0.15, 0.2) is 0 Å². The van der Waals surface area contributed by atoms with Crippen molar-refractivity contribution in [2.75, 3.05) is 33.2 Å².